The summed E-state index contributed by atoms with van der Waals surface area (Å²) >= 11 is 1.56. The number of nitrogens with zero attached hydrogens (tertiary/aromatic N) is 1. The molecule has 0 fully saturated rings. The van der Waals surface area contributed by atoms with Crippen LogP contribution in [-0.2, 0) is 6.54 Å². The van der Waals surface area contributed by atoms with Crippen molar-refractivity contribution in [3.63, 3.8) is 0 Å². The summed E-state index contributed by atoms with van der Waals surface area (Å²) in [5, 5.41) is 3.85. The van der Waals surface area contributed by atoms with Crippen molar-refractivity contribution in [2.75, 3.05) is 5.73 Å². The lowest BCUT2D eigenvalue weighted by Gasteiger charge is -2.05. The Morgan fingerprint density at radius 2 is 1.85 bits per heavy atom. The van der Waals surface area contributed by atoms with Crippen molar-refractivity contribution < 1.29 is 4.79 Å². The van der Waals surface area contributed by atoms with Crippen LogP contribution in [0.2, 0.25) is 0 Å². The molecule has 0 radical (unpaired) electrons. The summed E-state index contributed by atoms with van der Waals surface area (Å²) < 4.78 is 0.981. The van der Waals surface area contributed by atoms with Crippen LogP contribution in [0.3, 0.4) is 0 Å². The predicted molar refractivity (Wildman–Crippen MR) is 107 cm³/mol. The van der Waals surface area contributed by atoms with Crippen LogP contribution in [-0.4, -0.2) is 10.9 Å². The number of rotatable bonds is 4. The van der Waals surface area contributed by atoms with Crippen LogP contribution in [0.5, 0.6) is 0 Å². The number of hydrogen-bond donors (Lipinski definition) is 2. The number of hydrogen-bond acceptors (Lipinski definition) is 4. The van der Waals surface area contributed by atoms with Gasteiger partial charge in [0.1, 0.15) is 5.01 Å². The largest absolute Gasteiger partial charge is 0.399 e. The van der Waals surface area contributed by atoms with E-state index in [1.54, 1.807) is 11.3 Å². The first-order valence-corrected chi connectivity index (χ1v) is 9.09. The van der Waals surface area contributed by atoms with Gasteiger partial charge in [-0.15, -0.1) is 11.3 Å². The summed E-state index contributed by atoms with van der Waals surface area (Å²) in [5.41, 5.74) is 10.1. The fourth-order valence-electron chi connectivity index (χ4n) is 2.74. The van der Waals surface area contributed by atoms with Crippen LogP contribution in [0, 0.1) is 0 Å². The minimum Gasteiger partial charge on any atom is -0.399 e. The molecule has 0 bridgehead atoms. The van der Waals surface area contributed by atoms with Crippen LogP contribution in [0.1, 0.15) is 15.9 Å². The van der Waals surface area contributed by atoms with E-state index in [0.717, 1.165) is 26.4 Å². The third-order valence-electron chi connectivity index (χ3n) is 4.08. The second-order valence-corrected chi connectivity index (χ2v) is 7.03. The van der Waals surface area contributed by atoms with E-state index < -0.39 is 0 Å². The number of thiazole rings is 1. The second-order valence-electron chi connectivity index (χ2n) is 6.00. The molecule has 1 aromatic heterocycles. The molecule has 0 atom stereocenters. The van der Waals surface area contributed by atoms with Crippen molar-refractivity contribution in [3.05, 3.63) is 83.9 Å². The zero-order chi connectivity index (χ0) is 17.9. The molecule has 5 heteroatoms. The highest BCUT2D eigenvalue weighted by Gasteiger charge is 2.11. The highest BCUT2D eigenvalue weighted by Crippen LogP contribution is 2.31. The molecule has 4 nitrogen and oxygen atoms in total. The average Bonchev–Trinajstić information content (AvgIpc) is 3.10. The maximum Gasteiger partial charge on any atom is 0.251 e. The first-order chi connectivity index (χ1) is 12.7. The smallest absolute Gasteiger partial charge is 0.251 e. The Kier molecular flexibility index (Phi) is 4.37. The van der Waals surface area contributed by atoms with Gasteiger partial charge in [0, 0.05) is 23.4 Å². The maximum atomic E-state index is 12.4. The minimum absolute atomic E-state index is 0.0883. The highest BCUT2D eigenvalue weighted by molar-refractivity contribution is 7.21. The van der Waals surface area contributed by atoms with Crippen molar-refractivity contribution in [1.82, 2.24) is 10.3 Å². The van der Waals surface area contributed by atoms with E-state index in [2.05, 4.69) is 10.3 Å². The van der Waals surface area contributed by atoms with E-state index in [9.17, 15) is 4.79 Å². The summed E-state index contributed by atoms with van der Waals surface area (Å²) in [4.78, 5) is 17.1. The lowest BCUT2D eigenvalue weighted by Crippen LogP contribution is -2.22. The van der Waals surface area contributed by atoms with Crippen LogP contribution in [0.15, 0.2) is 72.8 Å². The average molecular weight is 359 g/mol. The first-order valence-electron chi connectivity index (χ1n) is 8.28. The summed E-state index contributed by atoms with van der Waals surface area (Å²) in [6.07, 6.45) is 0. The third kappa shape index (κ3) is 3.43. The molecule has 0 unspecified atom stereocenters. The highest BCUT2D eigenvalue weighted by atomic mass is 32.1. The lowest BCUT2D eigenvalue weighted by atomic mass is 10.2. The molecule has 1 amide bonds. The SMILES string of the molecule is Nc1cccc(-c2nc3ccc(C(=O)NCc4ccccc4)cc3s2)c1. The molecule has 0 saturated carbocycles. The van der Waals surface area contributed by atoms with E-state index in [1.165, 1.54) is 0 Å². The van der Waals surface area contributed by atoms with Gasteiger partial charge in [-0.1, -0.05) is 42.5 Å². The van der Waals surface area contributed by atoms with E-state index in [4.69, 9.17) is 5.73 Å². The van der Waals surface area contributed by atoms with Gasteiger partial charge in [-0.3, -0.25) is 4.79 Å². The Bertz CT molecular complexity index is 1070. The van der Waals surface area contributed by atoms with E-state index in [-0.39, 0.29) is 5.91 Å². The Labute approximate surface area is 155 Å². The summed E-state index contributed by atoms with van der Waals surface area (Å²) in [5.74, 6) is -0.0883. The van der Waals surface area contributed by atoms with Crippen LogP contribution in [0.4, 0.5) is 5.69 Å². The summed E-state index contributed by atoms with van der Waals surface area (Å²) in [6.45, 7) is 0.509. The van der Waals surface area contributed by atoms with Crippen LogP contribution in [0.25, 0.3) is 20.8 Å². The zero-order valence-electron chi connectivity index (χ0n) is 14.0. The number of anilines is 1. The number of fused-ring (bicyclic) bond motifs is 1. The number of carbonyl (C=O) groups excluding carboxylic acids is 1. The molecule has 0 aliphatic carbocycles. The Hall–Kier alpha value is -3.18. The monoisotopic (exact) mass is 359 g/mol. The molecular formula is C21H17N3OS. The lowest BCUT2D eigenvalue weighted by molar-refractivity contribution is 0.0951. The summed E-state index contributed by atoms with van der Waals surface area (Å²) in [7, 11) is 0. The Morgan fingerprint density at radius 1 is 1.00 bits per heavy atom. The van der Waals surface area contributed by atoms with Gasteiger partial charge in [-0.25, -0.2) is 4.98 Å². The van der Waals surface area contributed by atoms with Gasteiger partial charge in [-0.05, 0) is 35.9 Å². The number of nitrogen functional groups attached to an aromatic ring is 1. The topological polar surface area (TPSA) is 68.0 Å². The molecule has 26 heavy (non-hydrogen) atoms. The van der Waals surface area contributed by atoms with Gasteiger partial charge in [0.15, 0.2) is 0 Å². The van der Waals surface area contributed by atoms with Crippen molar-refractivity contribution in [2.45, 2.75) is 6.54 Å². The number of benzene rings is 3. The molecule has 3 aromatic carbocycles. The van der Waals surface area contributed by atoms with E-state index >= 15 is 0 Å². The number of nitrogens with one attached hydrogen (secondary N) is 1. The molecule has 1 heterocycles. The fourth-order valence-corrected chi connectivity index (χ4v) is 3.74. The van der Waals surface area contributed by atoms with Crippen LogP contribution < -0.4 is 11.1 Å². The second kappa shape index (κ2) is 6.98. The van der Waals surface area contributed by atoms with Crippen molar-refractivity contribution in [2.24, 2.45) is 0 Å². The zero-order valence-corrected chi connectivity index (χ0v) is 14.8. The van der Waals surface area contributed by atoms with E-state index in [1.807, 2.05) is 72.8 Å². The summed E-state index contributed by atoms with van der Waals surface area (Å²) in [6, 6.07) is 23.1. The predicted octanol–water partition coefficient (Wildman–Crippen LogP) is 4.48. The van der Waals surface area contributed by atoms with Crippen molar-refractivity contribution in [1.29, 1.82) is 0 Å². The van der Waals surface area contributed by atoms with Gasteiger partial charge in [0.05, 0.1) is 10.2 Å². The number of carbonyl (C=O) groups is 1. The fraction of sp³-hybridized carbons (Fsp3) is 0.0476. The van der Waals surface area contributed by atoms with Gasteiger partial charge in [0.2, 0.25) is 0 Å². The number of amides is 1. The van der Waals surface area contributed by atoms with Crippen molar-refractivity contribution >= 4 is 33.1 Å². The quantitative estimate of drug-likeness (QED) is 0.528. The minimum atomic E-state index is -0.0883. The van der Waals surface area contributed by atoms with Gasteiger partial charge in [-0.2, -0.15) is 0 Å². The Morgan fingerprint density at radius 3 is 2.65 bits per heavy atom. The molecule has 4 aromatic rings. The molecule has 4 rings (SSSR count). The third-order valence-corrected chi connectivity index (χ3v) is 5.15. The molecule has 3 N–H and O–H groups in total. The maximum absolute atomic E-state index is 12.4. The van der Waals surface area contributed by atoms with Gasteiger partial charge in [0.25, 0.3) is 5.91 Å². The molecular weight excluding hydrogens is 342 g/mol. The van der Waals surface area contributed by atoms with Crippen LogP contribution >= 0.6 is 11.3 Å². The molecule has 0 aliphatic heterocycles. The first kappa shape index (κ1) is 16.3. The van der Waals surface area contributed by atoms with Gasteiger partial charge < -0.3 is 11.1 Å². The normalized spacial score (nSPS) is 10.8. The Balaban J connectivity index is 1.56. The molecule has 0 aliphatic rings. The standard InChI is InChI=1S/C21H17N3OS/c22-17-8-4-7-16(11-17)21-24-18-10-9-15(12-19(18)26-21)20(25)23-13-14-5-2-1-3-6-14/h1-12H,13,22H2,(H,23,25). The molecule has 128 valence electrons. The van der Waals surface area contributed by atoms with Gasteiger partial charge >= 0.3 is 0 Å². The number of aromatic nitrogens is 1. The van der Waals surface area contributed by atoms with Crippen molar-refractivity contribution in [3.8, 4) is 10.6 Å². The van der Waals surface area contributed by atoms with E-state index in [0.29, 0.717) is 17.8 Å². The number of nitrogens with two attached hydrogens (primary N) is 1. The molecule has 0 saturated heterocycles. The molecule has 0 spiro atoms.